The molecule has 2 aromatic carbocycles. The van der Waals surface area contributed by atoms with Gasteiger partial charge in [-0.3, -0.25) is 14.3 Å². The van der Waals surface area contributed by atoms with Crippen molar-refractivity contribution in [3.8, 4) is 6.07 Å². The topological polar surface area (TPSA) is 91.0 Å². The van der Waals surface area contributed by atoms with Crippen molar-refractivity contribution < 1.29 is 9.59 Å². The van der Waals surface area contributed by atoms with Crippen LogP contribution in [0.5, 0.6) is 0 Å². The zero-order valence-corrected chi connectivity index (χ0v) is 17.0. The predicted molar refractivity (Wildman–Crippen MR) is 112 cm³/mol. The summed E-state index contributed by atoms with van der Waals surface area (Å²) >= 11 is 3.40. The molecule has 7 nitrogen and oxygen atoms in total. The Morgan fingerprint density at radius 3 is 2.76 bits per heavy atom. The van der Waals surface area contributed by atoms with Gasteiger partial charge in [-0.2, -0.15) is 10.4 Å². The summed E-state index contributed by atoms with van der Waals surface area (Å²) in [5, 5.41) is 16.0. The van der Waals surface area contributed by atoms with Gasteiger partial charge in [0.25, 0.3) is 11.8 Å². The second-order valence-electron chi connectivity index (χ2n) is 6.74. The average molecular weight is 450 g/mol. The average Bonchev–Trinajstić information content (AvgIpc) is 3.13. The molecule has 144 valence electrons. The van der Waals surface area contributed by atoms with Crippen molar-refractivity contribution in [1.82, 2.24) is 9.78 Å². The lowest BCUT2D eigenvalue weighted by Crippen LogP contribution is -2.47. The highest BCUT2D eigenvalue weighted by Crippen LogP contribution is 2.28. The Morgan fingerprint density at radius 2 is 2.03 bits per heavy atom. The third-order valence-electron chi connectivity index (χ3n) is 4.74. The molecule has 1 aliphatic heterocycles. The van der Waals surface area contributed by atoms with Crippen LogP contribution in [0.15, 0.2) is 59.2 Å². The third-order valence-corrected chi connectivity index (χ3v) is 5.27. The molecule has 1 aromatic heterocycles. The summed E-state index contributed by atoms with van der Waals surface area (Å²) in [6.45, 7) is 2.42. The van der Waals surface area contributed by atoms with Crippen molar-refractivity contribution in [2.24, 2.45) is 0 Å². The summed E-state index contributed by atoms with van der Waals surface area (Å²) in [5.74, 6) is -0.723. The molecular formula is C21H16BrN5O2. The van der Waals surface area contributed by atoms with E-state index in [9.17, 15) is 9.59 Å². The minimum absolute atomic E-state index is 0.112. The number of carbonyl (C=O) groups excluding carboxylic acids is 2. The Bertz CT molecular complexity index is 1150. The van der Waals surface area contributed by atoms with Crippen LogP contribution >= 0.6 is 15.9 Å². The van der Waals surface area contributed by atoms with Crippen LogP contribution in [0.2, 0.25) is 0 Å². The van der Waals surface area contributed by atoms with Crippen LogP contribution < -0.4 is 10.2 Å². The Hall–Kier alpha value is -3.44. The van der Waals surface area contributed by atoms with Crippen molar-refractivity contribution in [1.29, 1.82) is 5.26 Å². The highest BCUT2D eigenvalue weighted by Gasteiger charge is 2.35. The molecule has 1 atom stereocenters. The van der Waals surface area contributed by atoms with E-state index in [2.05, 4.69) is 26.3 Å². The van der Waals surface area contributed by atoms with Gasteiger partial charge in [0.1, 0.15) is 5.69 Å². The molecule has 1 N–H and O–H groups in total. The number of anilines is 2. The summed E-state index contributed by atoms with van der Waals surface area (Å²) in [7, 11) is 0. The second-order valence-corrected chi connectivity index (χ2v) is 7.65. The third kappa shape index (κ3) is 3.52. The second kappa shape index (κ2) is 7.53. The summed E-state index contributed by atoms with van der Waals surface area (Å²) < 4.78 is 2.49. The number of halogens is 1. The number of hydrogen-bond donors (Lipinski definition) is 1. The Morgan fingerprint density at radius 1 is 1.28 bits per heavy atom. The lowest BCUT2D eigenvalue weighted by atomic mass is 10.1. The van der Waals surface area contributed by atoms with Gasteiger partial charge in [-0.15, -0.1) is 0 Å². The number of rotatable bonds is 3. The maximum Gasteiger partial charge on any atom is 0.277 e. The van der Waals surface area contributed by atoms with Gasteiger partial charge in [0.15, 0.2) is 0 Å². The first kappa shape index (κ1) is 18.9. The quantitative estimate of drug-likeness (QED) is 0.657. The van der Waals surface area contributed by atoms with Gasteiger partial charge in [-0.1, -0.05) is 22.0 Å². The SMILES string of the molecule is C[C@H]1Cn2ncc(C(=O)Nc3cccc(C#N)c3)c2C(=O)N1c1ccc(Br)cc1. The zero-order valence-electron chi connectivity index (χ0n) is 15.5. The van der Waals surface area contributed by atoms with E-state index < -0.39 is 5.91 Å². The number of nitrogens with zero attached hydrogens (tertiary/aromatic N) is 4. The highest BCUT2D eigenvalue weighted by atomic mass is 79.9. The fourth-order valence-electron chi connectivity index (χ4n) is 3.40. The molecule has 29 heavy (non-hydrogen) atoms. The van der Waals surface area contributed by atoms with E-state index >= 15 is 0 Å². The molecule has 0 radical (unpaired) electrons. The summed E-state index contributed by atoms with van der Waals surface area (Å²) in [6.07, 6.45) is 1.41. The number of benzene rings is 2. The van der Waals surface area contributed by atoms with E-state index in [4.69, 9.17) is 5.26 Å². The molecule has 2 heterocycles. The van der Waals surface area contributed by atoms with Gasteiger partial charge in [-0.25, -0.2) is 0 Å². The smallest absolute Gasteiger partial charge is 0.277 e. The number of amides is 2. The molecule has 0 saturated heterocycles. The molecule has 0 fully saturated rings. The van der Waals surface area contributed by atoms with Gasteiger partial charge in [0, 0.05) is 15.8 Å². The number of nitriles is 1. The van der Waals surface area contributed by atoms with Crippen molar-refractivity contribution >= 4 is 39.1 Å². The molecule has 0 unspecified atom stereocenters. The lowest BCUT2D eigenvalue weighted by molar-refractivity contribution is 0.0933. The molecule has 1 aliphatic rings. The van der Waals surface area contributed by atoms with Gasteiger partial charge < -0.3 is 10.2 Å². The van der Waals surface area contributed by atoms with Crippen LogP contribution in [-0.2, 0) is 6.54 Å². The molecule has 0 spiro atoms. The van der Waals surface area contributed by atoms with Gasteiger partial charge in [-0.05, 0) is 49.4 Å². The van der Waals surface area contributed by atoms with Crippen molar-refractivity contribution in [2.45, 2.75) is 19.5 Å². The van der Waals surface area contributed by atoms with Crippen LogP contribution in [0.4, 0.5) is 11.4 Å². The lowest BCUT2D eigenvalue weighted by Gasteiger charge is -2.34. The van der Waals surface area contributed by atoms with E-state index in [1.165, 1.54) is 6.20 Å². The maximum absolute atomic E-state index is 13.3. The van der Waals surface area contributed by atoms with Gasteiger partial charge >= 0.3 is 0 Å². The van der Waals surface area contributed by atoms with E-state index in [0.29, 0.717) is 17.8 Å². The zero-order chi connectivity index (χ0) is 20.5. The first-order valence-electron chi connectivity index (χ1n) is 8.94. The molecule has 0 aliphatic carbocycles. The van der Waals surface area contributed by atoms with Gasteiger partial charge in [0.05, 0.1) is 36.0 Å². The highest BCUT2D eigenvalue weighted by molar-refractivity contribution is 9.10. The van der Waals surface area contributed by atoms with Crippen molar-refractivity contribution in [2.75, 3.05) is 10.2 Å². The predicted octanol–water partition coefficient (Wildman–Crippen LogP) is 3.82. The molecule has 4 rings (SSSR count). The number of carbonyl (C=O) groups is 2. The van der Waals surface area contributed by atoms with Crippen molar-refractivity contribution in [3.05, 3.63) is 76.0 Å². The summed E-state index contributed by atoms with van der Waals surface area (Å²) in [5.41, 5.74) is 2.12. The first-order chi connectivity index (χ1) is 14.0. The van der Waals surface area contributed by atoms with Gasteiger partial charge in [0.2, 0.25) is 0 Å². The van der Waals surface area contributed by atoms with E-state index in [1.807, 2.05) is 37.3 Å². The van der Waals surface area contributed by atoms with Crippen LogP contribution in [0.3, 0.4) is 0 Å². The molecule has 0 bridgehead atoms. The minimum atomic E-state index is -0.444. The molecular weight excluding hydrogens is 434 g/mol. The van der Waals surface area contributed by atoms with Crippen LogP contribution in [-0.4, -0.2) is 27.6 Å². The summed E-state index contributed by atoms with van der Waals surface area (Å²) in [4.78, 5) is 27.8. The largest absolute Gasteiger partial charge is 0.322 e. The fraction of sp³-hybridized carbons (Fsp3) is 0.143. The first-order valence-corrected chi connectivity index (χ1v) is 9.73. The van der Waals surface area contributed by atoms with E-state index in [-0.39, 0.29) is 23.2 Å². The van der Waals surface area contributed by atoms with E-state index in [0.717, 1.165) is 10.2 Å². The number of fused-ring (bicyclic) bond motifs is 1. The molecule has 8 heteroatoms. The van der Waals surface area contributed by atoms with Crippen LogP contribution in [0.25, 0.3) is 0 Å². The normalized spacial score (nSPS) is 15.6. The number of hydrogen-bond acceptors (Lipinski definition) is 4. The standard InChI is InChI=1S/C21H16BrN5O2/c1-13-12-26-19(21(29)27(13)17-7-5-15(22)6-8-17)18(11-24-26)20(28)25-16-4-2-3-14(9-16)10-23/h2-9,11,13H,12H2,1H3,(H,25,28)/t13-/m0/s1. The fourth-order valence-corrected chi connectivity index (χ4v) is 3.66. The molecule has 2 amide bonds. The van der Waals surface area contributed by atoms with Crippen LogP contribution in [0, 0.1) is 11.3 Å². The van der Waals surface area contributed by atoms with Crippen molar-refractivity contribution in [3.63, 3.8) is 0 Å². The Labute approximate surface area is 175 Å². The minimum Gasteiger partial charge on any atom is -0.322 e. The monoisotopic (exact) mass is 449 g/mol. The number of nitrogens with one attached hydrogen (secondary N) is 1. The van der Waals surface area contributed by atoms with Crippen LogP contribution in [0.1, 0.15) is 33.3 Å². The summed E-state index contributed by atoms with van der Waals surface area (Å²) in [6, 6.07) is 16.0. The number of aromatic nitrogens is 2. The van der Waals surface area contributed by atoms with E-state index in [1.54, 1.807) is 33.8 Å². The Kier molecular flexibility index (Phi) is 4.91. The maximum atomic E-state index is 13.3. The molecule has 0 saturated carbocycles. The Balaban J connectivity index is 1.66. The molecule has 3 aromatic rings.